The van der Waals surface area contributed by atoms with Crippen LogP contribution in [0.3, 0.4) is 0 Å². The zero-order valence-electron chi connectivity index (χ0n) is 10.8. The number of para-hydroxylation sites is 1. The summed E-state index contributed by atoms with van der Waals surface area (Å²) in [6.07, 6.45) is 0. The Morgan fingerprint density at radius 1 is 1.11 bits per heavy atom. The molecule has 2 aromatic carbocycles. The van der Waals surface area contributed by atoms with Crippen molar-refractivity contribution in [3.8, 4) is 11.5 Å². The lowest BCUT2D eigenvalue weighted by Gasteiger charge is -2.13. The summed E-state index contributed by atoms with van der Waals surface area (Å²) in [5.41, 5.74) is 1.10. The molecule has 4 heteroatoms. The molecule has 0 aromatic heterocycles. The molecule has 0 unspecified atom stereocenters. The van der Waals surface area contributed by atoms with Crippen LogP contribution in [-0.2, 0) is 6.54 Å². The summed E-state index contributed by atoms with van der Waals surface area (Å²) in [5.74, 6) is -0.890. The first-order valence-corrected chi connectivity index (χ1v) is 5.98. The highest BCUT2D eigenvalue weighted by molar-refractivity contribution is 5.40. The zero-order chi connectivity index (χ0) is 13.8. The standard InChI is InChI=1S/C15H15F2NO/c1-10-5-3-8-13(14(10)17)19-15-11(9-18-2)6-4-7-12(15)16/h3-8,18H,9H2,1-2H3. The molecule has 0 fully saturated rings. The van der Waals surface area contributed by atoms with Crippen LogP contribution < -0.4 is 10.1 Å². The second-order valence-electron chi connectivity index (χ2n) is 4.25. The summed E-state index contributed by atoms with van der Waals surface area (Å²) in [6.45, 7) is 2.08. The van der Waals surface area contributed by atoms with Gasteiger partial charge in [0.05, 0.1) is 0 Å². The molecule has 19 heavy (non-hydrogen) atoms. The predicted octanol–water partition coefficient (Wildman–Crippen LogP) is 3.78. The van der Waals surface area contributed by atoms with Crippen molar-refractivity contribution < 1.29 is 13.5 Å². The van der Waals surface area contributed by atoms with E-state index >= 15 is 0 Å². The van der Waals surface area contributed by atoms with E-state index in [2.05, 4.69) is 5.32 Å². The van der Waals surface area contributed by atoms with Gasteiger partial charge in [-0.15, -0.1) is 0 Å². The highest BCUT2D eigenvalue weighted by Gasteiger charge is 2.13. The topological polar surface area (TPSA) is 21.3 Å². The number of rotatable bonds is 4. The lowest BCUT2D eigenvalue weighted by atomic mass is 10.2. The average Bonchev–Trinajstić information content (AvgIpc) is 2.39. The Hall–Kier alpha value is -1.94. The quantitative estimate of drug-likeness (QED) is 0.906. The van der Waals surface area contributed by atoms with E-state index in [9.17, 15) is 8.78 Å². The first-order valence-electron chi connectivity index (χ1n) is 5.98. The van der Waals surface area contributed by atoms with Crippen LogP contribution in [0.5, 0.6) is 11.5 Å². The molecule has 0 radical (unpaired) electrons. The largest absolute Gasteiger partial charge is 0.451 e. The lowest BCUT2D eigenvalue weighted by Crippen LogP contribution is -2.07. The van der Waals surface area contributed by atoms with Crippen LogP contribution >= 0.6 is 0 Å². The van der Waals surface area contributed by atoms with Crippen LogP contribution in [-0.4, -0.2) is 7.05 Å². The molecule has 2 nitrogen and oxygen atoms in total. The van der Waals surface area contributed by atoms with Crippen LogP contribution in [0, 0.1) is 18.6 Å². The molecular weight excluding hydrogens is 248 g/mol. The Kier molecular flexibility index (Phi) is 4.12. The van der Waals surface area contributed by atoms with E-state index in [-0.39, 0.29) is 11.5 Å². The summed E-state index contributed by atoms with van der Waals surface area (Å²) in [5, 5.41) is 2.92. The second-order valence-corrected chi connectivity index (χ2v) is 4.25. The molecule has 0 aliphatic carbocycles. The predicted molar refractivity (Wildman–Crippen MR) is 70.4 cm³/mol. The molecule has 0 aliphatic rings. The normalized spacial score (nSPS) is 10.5. The number of ether oxygens (including phenoxy) is 1. The Balaban J connectivity index is 2.40. The van der Waals surface area contributed by atoms with Crippen molar-refractivity contribution in [2.75, 3.05) is 7.05 Å². The van der Waals surface area contributed by atoms with E-state index in [0.29, 0.717) is 17.7 Å². The number of hydrogen-bond donors (Lipinski definition) is 1. The molecule has 2 rings (SSSR count). The summed E-state index contributed by atoms with van der Waals surface area (Å²) >= 11 is 0. The zero-order valence-corrected chi connectivity index (χ0v) is 10.8. The van der Waals surface area contributed by atoms with Gasteiger partial charge in [0.15, 0.2) is 23.1 Å². The molecule has 2 aromatic rings. The molecule has 0 spiro atoms. The number of benzene rings is 2. The van der Waals surface area contributed by atoms with Gasteiger partial charge in [-0.2, -0.15) is 0 Å². The molecule has 0 bridgehead atoms. The van der Waals surface area contributed by atoms with E-state index in [1.165, 1.54) is 12.1 Å². The van der Waals surface area contributed by atoms with E-state index in [1.54, 1.807) is 38.2 Å². The average molecular weight is 263 g/mol. The maximum Gasteiger partial charge on any atom is 0.168 e. The first kappa shape index (κ1) is 13.5. The third-order valence-electron chi connectivity index (χ3n) is 2.78. The van der Waals surface area contributed by atoms with Gasteiger partial charge < -0.3 is 10.1 Å². The van der Waals surface area contributed by atoms with Crippen molar-refractivity contribution in [3.63, 3.8) is 0 Å². The fraction of sp³-hybridized carbons (Fsp3) is 0.200. The van der Waals surface area contributed by atoms with Gasteiger partial charge in [-0.3, -0.25) is 0 Å². The minimum atomic E-state index is -0.506. The maximum atomic E-state index is 13.9. The second kappa shape index (κ2) is 5.80. The number of nitrogens with one attached hydrogen (secondary N) is 1. The van der Waals surface area contributed by atoms with Gasteiger partial charge in [0, 0.05) is 12.1 Å². The van der Waals surface area contributed by atoms with Crippen molar-refractivity contribution in [2.24, 2.45) is 0 Å². The monoisotopic (exact) mass is 263 g/mol. The lowest BCUT2D eigenvalue weighted by molar-refractivity contribution is 0.407. The van der Waals surface area contributed by atoms with Crippen molar-refractivity contribution in [2.45, 2.75) is 13.5 Å². The Morgan fingerprint density at radius 3 is 2.58 bits per heavy atom. The number of halogens is 2. The Bertz CT molecular complexity index is 584. The first-order chi connectivity index (χ1) is 9.13. The van der Waals surface area contributed by atoms with E-state index in [1.807, 2.05) is 0 Å². The van der Waals surface area contributed by atoms with Gasteiger partial charge in [-0.1, -0.05) is 24.3 Å². The minimum Gasteiger partial charge on any atom is -0.451 e. The minimum absolute atomic E-state index is 0.0300. The van der Waals surface area contributed by atoms with Gasteiger partial charge in [0.1, 0.15) is 0 Å². The summed E-state index contributed by atoms with van der Waals surface area (Å²) in [4.78, 5) is 0. The summed E-state index contributed by atoms with van der Waals surface area (Å²) < 4.78 is 33.1. The van der Waals surface area contributed by atoms with Crippen LogP contribution in [0.4, 0.5) is 8.78 Å². The Labute approximate surface area is 111 Å². The van der Waals surface area contributed by atoms with Crippen LogP contribution in [0.15, 0.2) is 36.4 Å². The van der Waals surface area contributed by atoms with E-state index < -0.39 is 11.6 Å². The van der Waals surface area contributed by atoms with Gasteiger partial charge in [-0.05, 0) is 31.7 Å². The summed E-state index contributed by atoms with van der Waals surface area (Å²) in [7, 11) is 1.75. The van der Waals surface area contributed by atoms with Gasteiger partial charge in [0.2, 0.25) is 0 Å². The molecule has 1 N–H and O–H groups in total. The van der Waals surface area contributed by atoms with Crippen molar-refractivity contribution in [3.05, 3.63) is 59.2 Å². The molecule has 0 saturated heterocycles. The number of aryl methyl sites for hydroxylation is 1. The van der Waals surface area contributed by atoms with Crippen molar-refractivity contribution >= 4 is 0 Å². The third kappa shape index (κ3) is 2.90. The SMILES string of the molecule is CNCc1cccc(F)c1Oc1cccc(C)c1F. The van der Waals surface area contributed by atoms with E-state index in [0.717, 1.165) is 0 Å². The molecule has 0 atom stereocenters. The van der Waals surface area contributed by atoms with Gasteiger partial charge in [0.25, 0.3) is 0 Å². The molecular formula is C15H15F2NO. The van der Waals surface area contributed by atoms with E-state index in [4.69, 9.17) is 4.74 Å². The smallest absolute Gasteiger partial charge is 0.168 e. The highest BCUT2D eigenvalue weighted by Crippen LogP contribution is 2.30. The molecule has 0 aliphatic heterocycles. The fourth-order valence-electron chi connectivity index (χ4n) is 1.81. The number of hydrogen-bond acceptors (Lipinski definition) is 2. The van der Waals surface area contributed by atoms with Gasteiger partial charge >= 0.3 is 0 Å². The third-order valence-corrected chi connectivity index (χ3v) is 2.78. The van der Waals surface area contributed by atoms with Crippen molar-refractivity contribution in [1.82, 2.24) is 5.32 Å². The van der Waals surface area contributed by atoms with Crippen LogP contribution in [0.1, 0.15) is 11.1 Å². The molecule has 0 amide bonds. The molecule has 100 valence electrons. The molecule has 0 heterocycles. The van der Waals surface area contributed by atoms with Crippen molar-refractivity contribution in [1.29, 1.82) is 0 Å². The van der Waals surface area contributed by atoms with Crippen LogP contribution in [0.2, 0.25) is 0 Å². The fourth-order valence-corrected chi connectivity index (χ4v) is 1.81. The Morgan fingerprint density at radius 2 is 1.84 bits per heavy atom. The van der Waals surface area contributed by atoms with Gasteiger partial charge in [-0.25, -0.2) is 8.78 Å². The summed E-state index contributed by atoms with van der Waals surface area (Å²) in [6, 6.07) is 9.43. The van der Waals surface area contributed by atoms with Crippen LogP contribution in [0.25, 0.3) is 0 Å². The maximum absolute atomic E-state index is 13.9. The molecule has 0 saturated carbocycles. The highest BCUT2D eigenvalue weighted by atomic mass is 19.1.